The fraction of sp³-hybridized carbons (Fsp3) is 0.579. The minimum Gasteiger partial charge on any atom is -0.339 e. The zero-order valence-electron chi connectivity index (χ0n) is 14.1. The van der Waals surface area contributed by atoms with Crippen LogP contribution in [0.15, 0.2) is 24.3 Å². The van der Waals surface area contributed by atoms with Crippen LogP contribution in [-0.4, -0.2) is 53.7 Å². The molecule has 0 bridgehead atoms. The molecule has 0 radical (unpaired) electrons. The van der Waals surface area contributed by atoms with Gasteiger partial charge in [-0.25, -0.2) is 0 Å². The van der Waals surface area contributed by atoms with Gasteiger partial charge in [0, 0.05) is 38.0 Å². The zero-order chi connectivity index (χ0) is 16.8. The molecule has 4 nitrogen and oxygen atoms in total. The van der Waals surface area contributed by atoms with Gasteiger partial charge in [-0.2, -0.15) is 5.26 Å². The number of nitrogens with zero attached hydrogens (tertiary/aromatic N) is 3. The molecular formula is C19H25N3OS. The minimum absolute atomic E-state index is 0.264. The molecule has 1 aliphatic carbocycles. The van der Waals surface area contributed by atoms with Crippen molar-refractivity contribution in [1.82, 2.24) is 9.80 Å². The van der Waals surface area contributed by atoms with Crippen molar-refractivity contribution in [3.05, 3.63) is 35.4 Å². The van der Waals surface area contributed by atoms with Crippen LogP contribution >= 0.6 is 11.8 Å². The summed E-state index contributed by atoms with van der Waals surface area (Å²) >= 11 is 1.66. The average molecular weight is 343 g/mol. The molecule has 0 unspecified atom stereocenters. The van der Waals surface area contributed by atoms with Crippen molar-refractivity contribution in [2.75, 3.05) is 31.9 Å². The molecule has 1 aromatic rings. The number of benzene rings is 1. The number of hydrogen-bond acceptors (Lipinski definition) is 4. The highest BCUT2D eigenvalue weighted by Gasteiger charge is 2.27. The number of carbonyl (C=O) groups is 1. The fourth-order valence-corrected chi connectivity index (χ4v) is 4.52. The number of thioether (sulfide) groups is 1. The maximum absolute atomic E-state index is 12.4. The zero-order valence-corrected chi connectivity index (χ0v) is 14.9. The Hall–Kier alpha value is -1.51. The lowest BCUT2D eigenvalue weighted by Crippen LogP contribution is -2.51. The fourth-order valence-electron chi connectivity index (χ4n) is 3.63. The van der Waals surface area contributed by atoms with Crippen molar-refractivity contribution in [1.29, 1.82) is 5.26 Å². The van der Waals surface area contributed by atoms with E-state index >= 15 is 0 Å². The van der Waals surface area contributed by atoms with Crippen LogP contribution in [-0.2, 0) is 10.5 Å². The van der Waals surface area contributed by atoms with E-state index in [-0.39, 0.29) is 5.91 Å². The van der Waals surface area contributed by atoms with E-state index in [1.807, 2.05) is 29.2 Å². The SMILES string of the molecule is N#Cc1ccc(CSCC(=O)N2CCN(C3CCCC3)CC2)cc1. The summed E-state index contributed by atoms with van der Waals surface area (Å²) in [5.74, 6) is 1.63. The molecule has 1 amide bonds. The summed E-state index contributed by atoms with van der Waals surface area (Å²) in [6.45, 7) is 3.84. The summed E-state index contributed by atoms with van der Waals surface area (Å²) in [4.78, 5) is 17.0. The number of carbonyl (C=O) groups excluding carboxylic acids is 1. The molecule has 1 aliphatic heterocycles. The predicted molar refractivity (Wildman–Crippen MR) is 97.7 cm³/mol. The largest absolute Gasteiger partial charge is 0.339 e. The molecule has 5 heteroatoms. The van der Waals surface area contributed by atoms with Gasteiger partial charge in [-0.1, -0.05) is 25.0 Å². The Kier molecular flexibility index (Phi) is 6.17. The van der Waals surface area contributed by atoms with E-state index in [9.17, 15) is 4.79 Å². The van der Waals surface area contributed by atoms with Gasteiger partial charge < -0.3 is 4.90 Å². The van der Waals surface area contributed by atoms with Gasteiger partial charge in [0.1, 0.15) is 0 Å². The van der Waals surface area contributed by atoms with Gasteiger partial charge in [0.05, 0.1) is 17.4 Å². The Labute approximate surface area is 148 Å². The lowest BCUT2D eigenvalue weighted by Gasteiger charge is -2.38. The maximum atomic E-state index is 12.4. The van der Waals surface area contributed by atoms with Crippen molar-refractivity contribution in [2.45, 2.75) is 37.5 Å². The summed E-state index contributed by atoms with van der Waals surface area (Å²) in [7, 11) is 0. The number of amides is 1. The summed E-state index contributed by atoms with van der Waals surface area (Å²) < 4.78 is 0. The molecule has 1 saturated heterocycles. The van der Waals surface area contributed by atoms with Crippen LogP contribution in [0.5, 0.6) is 0 Å². The lowest BCUT2D eigenvalue weighted by molar-refractivity contribution is -0.130. The van der Waals surface area contributed by atoms with E-state index in [0.29, 0.717) is 11.3 Å². The van der Waals surface area contributed by atoms with Crippen LogP contribution in [0.4, 0.5) is 0 Å². The molecule has 0 spiro atoms. The quantitative estimate of drug-likeness (QED) is 0.825. The topological polar surface area (TPSA) is 47.3 Å². The third kappa shape index (κ3) is 4.52. The normalized spacial score (nSPS) is 19.4. The van der Waals surface area contributed by atoms with Crippen LogP contribution in [0.1, 0.15) is 36.8 Å². The van der Waals surface area contributed by atoms with Gasteiger partial charge in [0.25, 0.3) is 0 Å². The molecule has 1 heterocycles. The highest BCUT2D eigenvalue weighted by molar-refractivity contribution is 7.99. The van der Waals surface area contributed by atoms with Crippen LogP contribution in [0.25, 0.3) is 0 Å². The molecule has 3 rings (SSSR count). The van der Waals surface area contributed by atoms with Gasteiger partial charge in [0.15, 0.2) is 0 Å². The predicted octanol–water partition coefficient (Wildman–Crippen LogP) is 2.88. The second-order valence-electron chi connectivity index (χ2n) is 6.66. The lowest BCUT2D eigenvalue weighted by atomic mass is 10.2. The molecule has 24 heavy (non-hydrogen) atoms. The van der Waals surface area contributed by atoms with E-state index in [0.717, 1.165) is 43.5 Å². The van der Waals surface area contributed by atoms with Crippen LogP contribution in [0, 0.1) is 11.3 Å². The third-order valence-electron chi connectivity index (χ3n) is 5.09. The first kappa shape index (κ1) is 17.3. The Morgan fingerprint density at radius 3 is 2.42 bits per heavy atom. The molecule has 2 aliphatic rings. The molecule has 0 N–H and O–H groups in total. The monoisotopic (exact) mass is 343 g/mol. The summed E-state index contributed by atoms with van der Waals surface area (Å²) in [6, 6.07) is 10.5. The molecule has 1 saturated carbocycles. The Morgan fingerprint density at radius 2 is 1.79 bits per heavy atom. The molecule has 0 atom stereocenters. The van der Waals surface area contributed by atoms with Gasteiger partial charge in [-0.15, -0.1) is 11.8 Å². The van der Waals surface area contributed by atoms with Crippen molar-refractivity contribution < 1.29 is 4.79 Å². The van der Waals surface area contributed by atoms with Crippen molar-refractivity contribution >= 4 is 17.7 Å². The van der Waals surface area contributed by atoms with Crippen molar-refractivity contribution in [2.24, 2.45) is 0 Å². The number of hydrogen-bond donors (Lipinski definition) is 0. The second-order valence-corrected chi connectivity index (χ2v) is 7.64. The third-order valence-corrected chi connectivity index (χ3v) is 6.07. The molecular weight excluding hydrogens is 318 g/mol. The van der Waals surface area contributed by atoms with Gasteiger partial charge in [0.2, 0.25) is 5.91 Å². The van der Waals surface area contributed by atoms with Crippen molar-refractivity contribution in [3.8, 4) is 6.07 Å². The van der Waals surface area contributed by atoms with Gasteiger partial charge in [-0.05, 0) is 30.5 Å². The Bertz CT molecular complexity index is 582. The van der Waals surface area contributed by atoms with Crippen LogP contribution < -0.4 is 0 Å². The molecule has 0 aromatic heterocycles. The van der Waals surface area contributed by atoms with Crippen LogP contribution in [0.3, 0.4) is 0 Å². The van der Waals surface area contributed by atoms with E-state index in [1.165, 1.54) is 25.7 Å². The Morgan fingerprint density at radius 1 is 1.12 bits per heavy atom. The number of nitriles is 1. The first-order valence-electron chi connectivity index (χ1n) is 8.85. The summed E-state index contributed by atoms with van der Waals surface area (Å²) in [6.07, 6.45) is 5.42. The molecule has 128 valence electrons. The smallest absolute Gasteiger partial charge is 0.232 e. The first-order valence-corrected chi connectivity index (χ1v) is 10.0. The highest BCUT2D eigenvalue weighted by atomic mass is 32.2. The number of rotatable bonds is 5. The van der Waals surface area contributed by atoms with E-state index in [4.69, 9.17) is 5.26 Å². The van der Waals surface area contributed by atoms with E-state index in [1.54, 1.807) is 11.8 Å². The van der Waals surface area contributed by atoms with Gasteiger partial charge >= 0.3 is 0 Å². The highest BCUT2D eigenvalue weighted by Crippen LogP contribution is 2.24. The number of piperazine rings is 1. The summed E-state index contributed by atoms with van der Waals surface area (Å²) in [5.41, 5.74) is 1.85. The van der Waals surface area contributed by atoms with Gasteiger partial charge in [-0.3, -0.25) is 9.69 Å². The van der Waals surface area contributed by atoms with E-state index in [2.05, 4.69) is 11.0 Å². The Balaban J connectivity index is 1.37. The summed E-state index contributed by atoms with van der Waals surface area (Å²) in [5, 5.41) is 8.80. The minimum atomic E-state index is 0.264. The first-order chi connectivity index (χ1) is 11.8. The maximum Gasteiger partial charge on any atom is 0.232 e. The van der Waals surface area contributed by atoms with Crippen molar-refractivity contribution in [3.63, 3.8) is 0 Å². The average Bonchev–Trinajstić information content (AvgIpc) is 3.17. The standard InChI is InChI=1S/C19H25N3OS/c20-13-16-5-7-17(8-6-16)14-24-15-19(23)22-11-9-21(10-12-22)18-3-1-2-4-18/h5-8,18H,1-4,9-12,14-15H2. The molecule has 1 aromatic carbocycles. The second kappa shape index (κ2) is 8.55. The van der Waals surface area contributed by atoms with Crippen LogP contribution in [0.2, 0.25) is 0 Å². The molecule has 2 fully saturated rings. The van der Waals surface area contributed by atoms with E-state index < -0.39 is 0 Å².